The number of nitrogens with one attached hydrogen (secondary N) is 1. The second kappa shape index (κ2) is 9.63. The van der Waals surface area contributed by atoms with Crippen LogP contribution in [0, 0.1) is 10.8 Å². The summed E-state index contributed by atoms with van der Waals surface area (Å²) in [6.45, 7) is 10.00. The first-order valence-corrected chi connectivity index (χ1v) is 11.3. The molecule has 1 aromatic carbocycles. The lowest BCUT2D eigenvalue weighted by atomic mass is 9.73. The second-order valence-corrected chi connectivity index (χ2v) is 9.91. The molecule has 0 radical (unpaired) electrons. The third-order valence-corrected chi connectivity index (χ3v) is 5.94. The van der Waals surface area contributed by atoms with Crippen molar-refractivity contribution in [2.75, 3.05) is 19.6 Å². The first kappa shape index (κ1) is 23.0. The van der Waals surface area contributed by atoms with Crippen LogP contribution in [0.3, 0.4) is 0 Å². The van der Waals surface area contributed by atoms with Crippen LogP contribution in [0.4, 0.5) is 0 Å². The highest BCUT2D eigenvalue weighted by molar-refractivity contribution is 5.85. The molecule has 1 aliphatic rings. The van der Waals surface area contributed by atoms with Crippen molar-refractivity contribution in [2.24, 2.45) is 10.8 Å². The average molecular weight is 422 g/mol. The van der Waals surface area contributed by atoms with Crippen molar-refractivity contribution < 1.29 is 9.59 Å². The maximum Gasteiger partial charge on any atom is 0.228 e. The van der Waals surface area contributed by atoms with Crippen LogP contribution in [0.5, 0.6) is 0 Å². The monoisotopic (exact) mass is 421 g/mol. The summed E-state index contributed by atoms with van der Waals surface area (Å²) < 4.78 is 0. The molecule has 1 fully saturated rings. The molecule has 0 unspecified atom stereocenters. The molecule has 5 heteroatoms. The van der Waals surface area contributed by atoms with E-state index in [1.54, 1.807) is 12.4 Å². The van der Waals surface area contributed by atoms with Crippen LogP contribution in [-0.4, -0.2) is 41.3 Å². The van der Waals surface area contributed by atoms with Crippen LogP contribution in [0.2, 0.25) is 0 Å². The smallest absolute Gasteiger partial charge is 0.228 e. The summed E-state index contributed by atoms with van der Waals surface area (Å²) in [6.07, 6.45) is 6.36. The van der Waals surface area contributed by atoms with Crippen molar-refractivity contribution >= 4 is 11.8 Å². The SMILES string of the molecule is CCNC(=O)[C@@]1(Cc2ccc(-c3ccncc3)cc2)CCCN(C(=O)CC(C)(C)C)C1. The minimum atomic E-state index is -0.583. The van der Waals surface area contributed by atoms with Gasteiger partial charge in [0.25, 0.3) is 0 Å². The number of benzene rings is 1. The number of aromatic nitrogens is 1. The van der Waals surface area contributed by atoms with Gasteiger partial charge in [0, 0.05) is 38.4 Å². The fourth-order valence-corrected chi connectivity index (χ4v) is 4.42. The number of rotatable bonds is 6. The fourth-order valence-electron chi connectivity index (χ4n) is 4.42. The summed E-state index contributed by atoms with van der Waals surface area (Å²) >= 11 is 0. The summed E-state index contributed by atoms with van der Waals surface area (Å²) in [7, 11) is 0. The van der Waals surface area contributed by atoms with E-state index in [-0.39, 0.29) is 17.2 Å². The average Bonchev–Trinajstić information content (AvgIpc) is 2.74. The third kappa shape index (κ3) is 5.93. The molecule has 5 nitrogen and oxygen atoms in total. The number of hydrogen-bond acceptors (Lipinski definition) is 3. The fraction of sp³-hybridized carbons (Fsp3) is 0.500. The molecule has 2 heterocycles. The van der Waals surface area contributed by atoms with E-state index in [1.807, 2.05) is 24.0 Å². The molecule has 0 bridgehead atoms. The zero-order chi connectivity index (χ0) is 22.5. The van der Waals surface area contributed by atoms with Gasteiger partial charge in [-0.3, -0.25) is 14.6 Å². The molecular weight excluding hydrogens is 386 g/mol. The van der Waals surface area contributed by atoms with E-state index in [2.05, 4.69) is 55.3 Å². The van der Waals surface area contributed by atoms with Crippen LogP contribution >= 0.6 is 0 Å². The van der Waals surface area contributed by atoms with E-state index in [9.17, 15) is 9.59 Å². The number of carbonyl (C=O) groups is 2. The highest BCUT2D eigenvalue weighted by Crippen LogP contribution is 2.36. The van der Waals surface area contributed by atoms with Crippen molar-refractivity contribution in [1.82, 2.24) is 15.2 Å². The quantitative estimate of drug-likeness (QED) is 0.748. The van der Waals surface area contributed by atoms with Gasteiger partial charge in [-0.25, -0.2) is 0 Å². The predicted molar refractivity (Wildman–Crippen MR) is 124 cm³/mol. The summed E-state index contributed by atoms with van der Waals surface area (Å²) in [5.74, 6) is 0.204. The molecule has 166 valence electrons. The van der Waals surface area contributed by atoms with Gasteiger partial charge >= 0.3 is 0 Å². The molecule has 0 saturated carbocycles. The lowest BCUT2D eigenvalue weighted by molar-refractivity contribution is -0.142. The summed E-state index contributed by atoms with van der Waals surface area (Å²) in [4.78, 5) is 32.1. The number of nitrogens with zero attached hydrogens (tertiary/aromatic N) is 2. The molecule has 2 aromatic rings. The minimum Gasteiger partial charge on any atom is -0.356 e. The van der Waals surface area contributed by atoms with Crippen molar-refractivity contribution in [3.8, 4) is 11.1 Å². The Morgan fingerprint density at radius 1 is 1.06 bits per heavy atom. The van der Waals surface area contributed by atoms with E-state index in [0.29, 0.717) is 25.9 Å². The van der Waals surface area contributed by atoms with Gasteiger partial charge in [0.1, 0.15) is 0 Å². The second-order valence-electron chi connectivity index (χ2n) is 9.91. The Morgan fingerprint density at radius 3 is 2.32 bits per heavy atom. The standard InChI is InChI=1S/C26H35N3O2/c1-5-28-24(31)26(13-6-16-29(19-26)23(30)18-25(2,3)4)17-20-7-9-21(10-8-20)22-11-14-27-15-12-22/h7-12,14-15H,5-6,13,16-19H2,1-4H3,(H,28,31)/t26-/m1/s1. The number of piperidine rings is 1. The Kier molecular flexibility index (Phi) is 7.14. The van der Waals surface area contributed by atoms with Crippen LogP contribution in [0.15, 0.2) is 48.8 Å². The molecule has 1 aromatic heterocycles. The molecule has 1 aliphatic heterocycles. The lowest BCUT2D eigenvalue weighted by Crippen LogP contribution is -2.54. The molecule has 1 N–H and O–H groups in total. The van der Waals surface area contributed by atoms with Gasteiger partial charge in [-0.05, 0) is 60.4 Å². The van der Waals surface area contributed by atoms with E-state index < -0.39 is 5.41 Å². The molecule has 1 atom stereocenters. The van der Waals surface area contributed by atoms with E-state index >= 15 is 0 Å². The molecule has 3 rings (SSSR count). The molecule has 1 saturated heterocycles. The van der Waals surface area contributed by atoms with Crippen molar-refractivity contribution in [3.63, 3.8) is 0 Å². The molecule has 0 aliphatic carbocycles. The maximum atomic E-state index is 13.2. The van der Waals surface area contributed by atoms with Gasteiger partial charge in [0.15, 0.2) is 0 Å². The van der Waals surface area contributed by atoms with Gasteiger partial charge in [-0.15, -0.1) is 0 Å². The van der Waals surface area contributed by atoms with Gasteiger partial charge in [-0.1, -0.05) is 45.0 Å². The predicted octanol–water partition coefficient (Wildman–Crippen LogP) is 4.47. The van der Waals surface area contributed by atoms with E-state index in [4.69, 9.17) is 0 Å². The van der Waals surface area contributed by atoms with Gasteiger partial charge in [-0.2, -0.15) is 0 Å². The Balaban J connectivity index is 1.82. The van der Waals surface area contributed by atoms with Crippen molar-refractivity contribution in [1.29, 1.82) is 0 Å². The largest absolute Gasteiger partial charge is 0.356 e. The molecular formula is C26H35N3O2. The van der Waals surface area contributed by atoms with Gasteiger partial charge in [0.2, 0.25) is 11.8 Å². The Labute approximate surface area is 186 Å². The molecule has 0 spiro atoms. The number of amides is 2. The number of likely N-dealkylation sites (tertiary alicyclic amines) is 1. The van der Waals surface area contributed by atoms with Crippen LogP contribution < -0.4 is 5.32 Å². The van der Waals surface area contributed by atoms with Gasteiger partial charge in [0.05, 0.1) is 5.41 Å². The van der Waals surface area contributed by atoms with Crippen LogP contribution in [-0.2, 0) is 16.0 Å². The highest BCUT2D eigenvalue weighted by Gasteiger charge is 2.43. The van der Waals surface area contributed by atoms with Crippen LogP contribution in [0.1, 0.15) is 52.5 Å². The lowest BCUT2D eigenvalue weighted by Gasteiger charge is -2.42. The topological polar surface area (TPSA) is 62.3 Å². The normalized spacial score (nSPS) is 19.2. The zero-order valence-corrected chi connectivity index (χ0v) is 19.3. The van der Waals surface area contributed by atoms with Gasteiger partial charge < -0.3 is 10.2 Å². The van der Waals surface area contributed by atoms with Crippen molar-refractivity contribution in [3.05, 3.63) is 54.4 Å². The third-order valence-electron chi connectivity index (χ3n) is 5.94. The summed E-state index contributed by atoms with van der Waals surface area (Å²) in [5.41, 5.74) is 2.72. The van der Waals surface area contributed by atoms with E-state index in [1.165, 1.54) is 0 Å². The number of carbonyl (C=O) groups excluding carboxylic acids is 2. The highest BCUT2D eigenvalue weighted by atomic mass is 16.2. The Hall–Kier alpha value is -2.69. The summed E-state index contributed by atoms with van der Waals surface area (Å²) in [5, 5.41) is 3.04. The number of pyridine rings is 1. The molecule has 2 amide bonds. The minimum absolute atomic E-state index is 0.0569. The first-order chi connectivity index (χ1) is 14.7. The molecule has 31 heavy (non-hydrogen) atoms. The van der Waals surface area contributed by atoms with E-state index in [0.717, 1.165) is 36.1 Å². The van der Waals surface area contributed by atoms with Crippen LogP contribution in [0.25, 0.3) is 11.1 Å². The Morgan fingerprint density at radius 2 is 1.71 bits per heavy atom. The number of hydrogen-bond donors (Lipinski definition) is 1. The first-order valence-electron chi connectivity index (χ1n) is 11.3. The van der Waals surface area contributed by atoms with Crippen molar-refractivity contribution in [2.45, 2.75) is 53.4 Å². The Bertz CT molecular complexity index is 887. The summed E-state index contributed by atoms with van der Waals surface area (Å²) in [6, 6.07) is 12.4. The maximum absolute atomic E-state index is 13.2. The zero-order valence-electron chi connectivity index (χ0n) is 19.3.